The van der Waals surface area contributed by atoms with Crippen molar-refractivity contribution in [2.75, 3.05) is 45.2 Å². The fourth-order valence-corrected chi connectivity index (χ4v) is 4.30. The number of anilines is 1. The maximum atomic E-state index is 14.3. The highest BCUT2D eigenvalue weighted by atomic mass is 19.1. The van der Waals surface area contributed by atoms with Crippen LogP contribution in [-0.2, 0) is 4.74 Å². The minimum absolute atomic E-state index is 0.0174. The molecule has 4 rings (SSSR count). The number of rotatable bonds is 7. The van der Waals surface area contributed by atoms with Gasteiger partial charge in [-0.1, -0.05) is 12.1 Å². The van der Waals surface area contributed by atoms with Gasteiger partial charge in [0.15, 0.2) is 17.7 Å². The largest absolute Gasteiger partial charge is 0.614 e. The van der Waals surface area contributed by atoms with E-state index < -0.39 is 17.4 Å². The third kappa shape index (κ3) is 4.71. The second-order valence-electron chi connectivity index (χ2n) is 8.34. The van der Waals surface area contributed by atoms with Gasteiger partial charge in [-0.3, -0.25) is 4.79 Å². The first-order valence-electron chi connectivity index (χ1n) is 11.0. The summed E-state index contributed by atoms with van der Waals surface area (Å²) in [5.41, 5.74) is 7.07. The first-order chi connectivity index (χ1) is 16.3. The highest BCUT2D eigenvalue weighted by Crippen LogP contribution is 2.31. The number of hydrogen-bond donors (Lipinski definition) is 1. The molecule has 0 bridgehead atoms. The van der Waals surface area contributed by atoms with E-state index in [-0.39, 0.29) is 27.1 Å². The molecule has 1 saturated heterocycles. The van der Waals surface area contributed by atoms with Crippen molar-refractivity contribution in [3.63, 3.8) is 0 Å². The number of ether oxygens (including phenoxy) is 2. The van der Waals surface area contributed by atoms with Gasteiger partial charge in [0.1, 0.15) is 43.6 Å². The van der Waals surface area contributed by atoms with E-state index in [4.69, 9.17) is 15.2 Å². The second-order valence-corrected chi connectivity index (χ2v) is 8.34. The Labute approximate surface area is 196 Å². The minimum Gasteiger partial charge on any atom is -0.614 e. The molecule has 0 aliphatic carbocycles. The molecule has 1 aromatic heterocycles. The minimum atomic E-state index is -0.994. The molecule has 1 aliphatic heterocycles. The van der Waals surface area contributed by atoms with Gasteiger partial charge in [0, 0.05) is 12.1 Å². The number of hydrogen-bond acceptors (Lipinski definition) is 5. The second kappa shape index (κ2) is 9.74. The van der Waals surface area contributed by atoms with Crippen molar-refractivity contribution in [1.82, 2.24) is 4.48 Å². The molecule has 9 heteroatoms. The molecule has 7 nitrogen and oxygen atoms in total. The van der Waals surface area contributed by atoms with E-state index in [1.165, 1.54) is 12.3 Å². The normalized spacial score (nSPS) is 15.1. The maximum Gasteiger partial charge on any atom is 0.404 e. The van der Waals surface area contributed by atoms with Gasteiger partial charge >= 0.3 is 5.82 Å². The van der Waals surface area contributed by atoms with Crippen LogP contribution in [-0.4, -0.2) is 45.2 Å². The molecule has 1 fully saturated rings. The quantitative estimate of drug-likeness (QED) is 0.248. The number of benzene rings is 2. The summed E-state index contributed by atoms with van der Waals surface area (Å²) in [6.07, 6.45) is 1.19. The van der Waals surface area contributed by atoms with Crippen LogP contribution in [0.4, 0.5) is 20.3 Å². The fourth-order valence-electron chi connectivity index (χ4n) is 4.30. The van der Waals surface area contributed by atoms with Crippen molar-refractivity contribution in [2.45, 2.75) is 6.92 Å². The summed E-state index contributed by atoms with van der Waals surface area (Å²) in [5, 5.41) is 12.9. The lowest BCUT2D eigenvalue weighted by atomic mass is 10.0. The molecule has 0 atom stereocenters. The van der Waals surface area contributed by atoms with Crippen LogP contribution in [0, 0.1) is 23.8 Å². The topological polar surface area (TPSA) is 88.5 Å². The van der Waals surface area contributed by atoms with Crippen LogP contribution in [0.5, 0.6) is 5.75 Å². The first-order valence-corrected chi connectivity index (χ1v) is 11.0. The van der Waals surface area contributed by atoms with Crippen LogP contribution in [0.25, 0.3) is 0 Å². The molecule has 1 aliphatic rings. The van der Waals surface area contributed by atoms with Crippen LogP contribution in [0.2, 0.25) is 0 Å². The van der Waals surface area contributed by atoms with Crippen molar-refractivity contribution in [3.05, 3.63) is 88.3 Å². The number of nitrogen functional groups attached to an aromatic ring is 1. The third-order valence-corrected chi connectivity index (χ3v) is 6.09. The number of carbonyl (C=O) groups is 1. The van der Waals surface area contributed by atoms with Crippen molar-refractivity contribution in [2.24, 2.45) is 0 Å². The van der Waals surface area contributed by atoms with Crippen LogP contribution >= 0.6 is 0 Å². The molecule has 3 aromatic rings. The highest BCUT2D eigenvalue weighted by Gasteiger charge is 2.43. The van der Waals surface area contributed by atoms with Crippen molar-refractivity contribution in [1.29, 1.82) is 0 Å². The van der Waals surface area contributed by atoms with Gasteiger partial charge in [0.05, 0.1) is 24.3 Å². The highest BCUT2D eigenvalue weighted by molar-refractivity contribution is 6.13. The van der Waals surface area contributed by atoms with Gasteiger partial charge in [-0.05, 0) is 36.8 Å². The molecule has 0 unspecified atom stereocenters. The molecule has 0 spiro atoms. The van der Waals surface area contributed by atoms with Gasteiger partial charge in [-0.15, -0.1) is 4.73 Å². The molecular weight excluding hydrogens is 444 g/mol. The number of aryl methyl sites for hydroxylation is 1. The number of morpholine rings is 1. The number of ketones is 1. The number of pyridine rings is 1. The van der Waals surface area contributed by atoms with E-state index in [1.54, 1.807) is 0 Å². The zero-order chi connectivity index (χ0) is 24.3. The summed E-state index contributed by atoms with van der Waals surface area (Å²) in [6, 6.07) is 11.6. The molecule has 0 saturated carbocycles. The molecule has 0 radical (unpaired) electrons. The van der Waals surface area contributed by atoms with Crippen molar-refractivity contribution < 1.29 is 27.8 Å². The fraction of sp³-hybridized carbons (Fsp3) is 0.280. The van der Waals surface area contributed by atoms with Crippen LogP contribution < -0.4 is 19.7 Å². The number of aromatic nitrogens is 1. The van der Waals surface area contributed by atoms with E-state index in [0.717, 1.165) is 17.7 Å². The Balaban J connectivity index is 1.68. The summed E-state index contributed by atoms with van der Waals surface area (Å²) < 4.78 is 39.8. The number of nitrogens with zero attached hydrogens (tertiary/aromatic N) is 2. The zero-order valence-electron chi connectivity index (χ0n) is 18.8. The monoisotopic (exact) mass is 470 g/mol. The van der Waals surface area contributed by atoms with Crippen molar-refractivity contribution in [3.8, 4) is 5.75 Å². The Morgan fingerprint density at radius 1 is 1.15 bits per heavy atom. The molecule has 2 aromatic carbocycles. The lowest BCUT2D eigenvalue weighted by molar-refractivity contribution is -0.599. The van der Waals surface area contributed by atoms with Crippen LogP contribution in [0.15, 0.2) is 54.7 Å². The van der Waals surface area contributed by atoms with Gasteiger partial charge in [-0.25, -0.2) is 13.3 Å². The predicted octanol–water partition coefficient (Wildman–Crippen LogP) is 3.14. The van der Waals surface area contributed by atoms with Gasteiger partial charge in [0.25, 0.3) is 0 Å². The van der Waals surface area contributed by atoms with Crippen molar-refractivity contribution >= 4 is 17.3 Å². The van der Waals surface area contributed by atoms with Gasteiger partial charge in [0.2, 0.25) is 0 Å². The molecule has 178 valence electrons. The van der Waals surface area contributed by atoms with Crippen LogP contribution in [0.1, 0.15) is 21.5 Å². The Hall–Kier alpha value is -3.56. The van der Waals surface area contributed by atoms with E-state index in [2.05, 4.69) is 0 Å². The first kappa shape index (κ1) is 23.6. The third-order valence-electron chi connectivity index (χ3n) is 6.09. The number of carbonyl (C=O) groups excluding carboxylic acids is 1. The standard InChI is InChI=1S/C25H25F2N3O4/c1-17-3-2-4-19(15-17)34-14-11-30(9-12-33-13-10-30)25-23(28)21(7-8-29(25)32)24(31)20-6-5-18(26)16-22(20)27/h2-8,15-16H,9-14H2,1H3,(H-,28,31)/p+1. The zero-order valence-corrected chi connectivity index (χ0v) is 18.8. The van der Waals surface area contributed by atoms with E-state index >= 15 is 0 Å². The Morgan fingerprint density at radius 2 is 1.91 bits per heavy atom. The average Bonchev–Trinajstić information content (AvgIpc) is 2.79. The Bertz CT molecular complexity index is 1210. The summed E-state index contributed by atoms with van der Waals surface area (Å²) >= 11 is 0. The molecule has 34 heavy (non-hydrogen) atoms. The molecular formula is C25H26F2N3O4+. The SMILES string of the molecule is Cc1cccc(OCC[N+]2(c3c(N)c(C(=O)c4ccc(F)cc4F)cc[n+]3[O-])CCOCC2)c1. The summed E-state index contributed by atoms with van der Waals surface area (Å²) in [7, 11) is 0. The molecule has 2 heterocycles. The van der Waals surface area contributed by atoms with E-state index in [0.29, 0.717) is 56.0 Å². The summed E-state index contributed by atoms with van der Waals surface area (Å²) in [6.45, 7) is 4.37. The Morgan fingerprint density at radius 3 is 2.62 bits per heavy atom. The van der Waals surface area contributed by atoms with E-state index in [1.807, 2.05) is 31.2 Å². The van der Waals surface area contributed by atoms with Gasteiger partial charge in [-0.2, -0.15) is 0 Å². The summed E-state index contributed by atoms with van der Waals surface area (Å²) in [5.74, 6) is -1.61. The number of nitrogens with two attached hydrogens (primary N) is 1. The smallest absolute Gasteiger partial charge is 0.404 e. The number of quaternary nitrogens is 1. The van der Waals surface area contributed by atoms with Crippen LogP contribution in [0.3, 0.4) is 0 Å². The lowest BCUT2D eigenvalue weighted by Gasteiger charge is -2.38. The molecule has 0 amide bonds. The van der Waals surface area contributed by atoms with E-state index in [9.17, 15) is 18.8 Å². The lowest BCUT2D eigenvalue weighted by Crippen LogP contribution is -2.62. The Kier molecular flexibility index (Phi) is 6.76. The summed E-state index contributed by atoms with van der Waals surface area (Å²) in [4.78, 5) is 13.1. The maximum absolute atomic E-state index is 14.3. The average molecular weight is 470 g/mol. The number of halogens is 2. The molecule has 2 N–H and O–H groups in total. The van der Waals surface area contributed by atoms with Gasteiger partial charge < -0.3 is 20.4 Å². The predicted molar refractivity (Wildman–Crippen MR) is 123 cm³/mol.